The van der Waals surface area contributed by atoms with E-state index in [-0.39, 0.29) is 17.5 Å². The molecule has 2 aliphatic rings. The second kappa shape index (κ2) is 7.43. The van der Waals surface area contributed by atoms with Crippen LogP contribution in [0.25, 0.3) is 10.2 Å². The predicted molar refractivity (Wildman–Crippen MR) is 115 cm³/mol. The molecule has 0 saturated carbocycles. The Balaban J connectivity index is 1.42. The summed E-state index contributed by atoms with van der Waals surface area (Å²) in [6, 6.07) is 5.52. The third-order valence-electron chi connectivity index (χ3n) is 5.74. The van der Waals surface area contributed by atoms with Crippen LogP contribution in [-0.2, 0) is 13.0 Å². The van der Waals surface area contributed by atoms with Gasteiger partial charge in [0.15, 0.2) is 11.5 Å². The zero-order valence-electron chi connectivity index (χ0n) is 17.0. The minimum absolute atomic E-state index is 0.0313. The number of carbonyl (C=O) groups excluding carboxylic acids is 1. The molecule has 0 fully saturated rings. The van der Waals surface area contributed by atoms with Crippen LogP contribution in [0.5, 0.6) is 11.5 Å². The average molecular weight is 426 g/mol. The van der Waals surface area contributed by atoms with Gasteiger partial charge in [-0.25, -0.2) is 4.98 Å². The molecule has 0 bridgehead atoms. The number of thiophene rings is 1. The van der Waals surface area contributed by atoms with Crippen LogP contribution in [0.1, 0.15) is 52.4 Å². The first-order valence-corrected chi connectivity index (χ1v) is 11.1. The van der Waals surface area contributed by atoms with Crippen molar-refractivity contribution in [1.82, 2.24) is 14.9 Å². The third-order valence-corrected chi connectivity index (χ3v) is 6.92. The van der Waals surface area contributed by atoms with E-state index in [2.05, 4.69) is 10.3 Å². The lowest BCUT2D eigenvalue weighted by molar-refractivity contribution is 0.0943. The number of nitrogens with zero attached hydrogens (tertiary/aromatic N) is 2. The van der Waals surface area contributed by atoms with Crippen LogP contribution >= 0.6 is 11.3 Å². The Morgan fingerprint density at radius 3 is 2.87 bits per heavy atom. The summed E-state index contributed by atoms with van der Waals surface area (Å²) in [5.74, 6) is 2.06. The fraction of sp³-hybridized carbons (Fsp3) is 0.409. The number of amides is 1. The molecule has 0 radical (unpaired) electrons. The maximum Gasteiger partial charge on any atom is 0.262 e. The molecular formula is C22H23N3O4S. The zero-order chi connectivity index (χ0) is 20.8. The van der Waals surface area contributed by atoms with Gasteiger partial charge < -0.3 is 14.8 Å². The molecule has 3 aromatic rings. The molecular weight excluding hydrogens is 402 g/mol. The van der Waals surface area contributed by atoms with Gasteiger partial charge in [-0.15, -0.1) is 11.3 Å². The fourth-order valence-corrected chi connectivity index (χ4v) is 5.18. The van der Waals surface area contributed by atoms with Gasteiger partial charge in [-0.2, -0.15) is 0 Å². The van der Waals surface area contributed by atoms with Crippen molar-refractivity contribution in [2.45, 2.75) is 45.7 Å². The molecule has 1 amide bonds. The fourth-order valence-electron chi connectivity index (χ4n) is 4.09. The van der Waals surface area contributed by atoms with Crippen molar-refractivity contribution in [3.8, 4) is 11.5 Å². The lowest BCUT2D eigenvalue weighted by Gasteiger charge is -2.16. The van der Waals surface area contributed by atoms with Gasteiger partial charge in [-0.1, -0.05) is 6.07 Å². The summed E-state index contributed by atoms with van der Waals surface area (Å²) in [6.07, 6.45) is 2.60. The van der Waals surface area contributed by atoms with Crippen molar-refractivity contribution >= 4 is 27.5 Å². The Morgan fingerprint density at radius 1 is 1.23 bits per heavy atom. The maximum atomic E-state index is 13.0. The summed E-state index contributed by atoms with van der Waals surface area (Å²) >= 11 is 1.29. The van der Waals surface area contributed by atoms with E-state index in [9.17, 15) is 9.59 Å². The Labute approximate surface area is 177 Å². The first-order chi connectivity index (χ1) is 14.5. The van der Waals surface area contributed by atoms with Gasteiger partial charge in [-0.05, 0) is 43.5 Å². The van der Waals surface area contributed by atoms with Crippen molar-refractivity contribution in [2.24, 2.45) is 0 Å². The molecule has 5 rings (SSSR count). The number of nitrogens with one attached hydrogen (secondary N) is 1. The number of fused-ring (bicyclic) bond motifs is 3. The van der Waals surface area contributed by atoms with E-state index in [0.29, 0.717) is 46.2 Å². The average Bonchev–Trinajstić information content (AvgIpc) is 3.25. The third kappa shape index (κ3) is 3.15. The van der Waals surface area contributed by atoms with Gasteiger partial charge in [0.2, 0.25) is 0 Å². The summed E-state index contributed by atoms with van der Waals surface area (Å²) in [6.45, 7) is 5.72. The number of aryl methyl sites for hydroxylation is 2. The summed E-state index contributed by atoms with van der Waals surface area (Å²) in [5.41, 5.74) is 1.61. The SMILES string of the molecule is Cc1c(C(=O)NC(C)c2ccc3c(c2)OCCCO3)sc2nc3n(c(=O)c12)CCC3. The van der Waals surface area contributed by atoms with E-state index < -0.39 is 0 Å². The lowest BCUT2D eigenvalue weighted by atomic mass is 10.1. The lowest BCUT2D eigenvalue weighted by Crippen LogP contribution is -2.26. The molecule has 7 nitrogen and oxygen atoms in total. The zero-order valence-corrected chi connectivity index (χ0v) is 17.8. The van der Waals surface area contributed by atoms with E-state index in [0.717, 1.165) is 36.4 Å². The van der Waals surface area contributed by atoms with Gasteiger partial charge in [-0.3, -0.25) is 14.2 Å². The van der Waals surface area contributed by atoms with Crippen LogP contribution in [0.2, 0.25) is 0 Å². The second-order valence-electron chi connectivity index (χ2n) is 7.78. The standard InChI is InChI=1S/C22H23N3O4S/c1-12-18-21(24-17-5-3-8-25(17)22(18)27)30-19(12)20(26)23-13(2)14-6-7-15-16(11-14)29-10-4-9-28-15/h6-7,11,13H,3-5,8-10H2,1-2H3,(H,23,26). The van der Waals surface area contributed by atoms with Gasteiger partial charge in [0, 0.05) is 19.4 Å². The van der Waals surface area contributed by atoms with E-state index in [1.165, 1.54) is 11.3 Å². The van der Waals surface area contributed by atoms with Crippen molar-refractivity contribution in [3.05, 3.63) is 50.4 Å². The first kappa shape index (κ1) is 19.1. The molecule has 1 aromatic carbocycles. The maximum absolute atomic E-state index is 13.0. The molecule has 4 heterocycles. The first-order valence-electron chi connectivity index (χ1n) is 10.3. The second-order valence-corrected chi connectivity index (χ2v) is 8.78. The van der Waals surface area contributed by atoms with E-state index in [4.69, 9.17) is 9.47 Å². The predicted octanol–water partition coefficient (Wildman–Crippen LogP) is 3.36. The molecule has 0 spiro atoms. The number of aromatic nitrogens is 2. The molecule has 1 atom stereocenters. The van der Waals surface area contributed by atoms with Crippen molar-refractivity contribution in [2.75, 3.05) is 13.2 Å². The minimum atomic E-state index is -0.224. The Morgan fingerprint density at radius 2 is 2.03 bits per heavy atom. The number of carbonyl (C=O) groups is 1. The molecule has 2 aromatic heterocycles. The molecule has 2 aliphatic heterocycles. The summed E-state index contributed by atoms with van der Waals surface area (Å²) in [5, 5.41) is 3.62. The van der Waals surface area contributed by atoms with Crippen LogP contribution in [-0.4, -0.2) is 28.7 Å². The molecule has 156 valence electrons. The summed E-state index contributed by atoms with van der Waals surface area (Å²) in [7, 11) is 0. The number of ether oxygens (including phenoxy) is 2. The molecule has 0 saturated heterocycles. The van der Waals surface area contributed by atoms with Crippen LogP contribution in [0.3, 0.4) is 0 Å². The molecule has 8 heteroatoms. The molecule has 0 aliphatic carbocycles. The summed E-state index contributed by atoms with van der Waals surface area (Å²) in [4.78, 5) is 31.7. The van der Waals surface area contributed by atoms with Crippen molar-refractivity contribution in [1.29, 1.82) is 0 Å². The topological polar surface area (TPSA) is 82.4 Å². The Hall–Kier alpha value is -2.87. The Kier molecular flexibility index (Phi) is 4.73. The van der Waals surface area contributed by atoms with Crippen LogP contribution in [0.4, 0.5) is 0 Å². The highest BCUT2D eigenvalue weighted by molar-refractivity contribution is 7.20. The number of hydrogen-bond acceptors (Lipinski definition) is 6. The highest BCUT2D eigenvalue weighted by Crippen LogP contribution is 2.33. The molecule has 1 unspecified atom stereocenters. The monoisotopic (exact) mass is 425 g/mol. The quantitative estimate of drug-likeness (QED) is 0.696. The largest absolute Gasteiger partial charge is 0.490 e. The van der Waals surface area contributed by atoms with Crippen molar-refractivity contribution in [3.63, 3.8) is 0 Å². The highest BCUT2D eigenvalue weighted by Gasteiger charge is 2.24. The van der Waals surface area contributed by atoms with E-state index >= 15 is 0 Å². The van der Waals surface area contributed by atoms with Crippen LogP contribution in [0, 0.1) is 6.92 Å². The van der Waals surface area contributed by atoms with Gasteiger partial charge in [0.05, 0.1) is 29.5 Å². The van der Waals surface area contributed by atoms with Gasteiger partial charge in [0.25, 0.3) is 11.5 Å². The molecule has 1 N–H and O–H groups in total. The van der Waals surface area contributed by atoms with Crippen LogP contribution < -0.4 is 20.3 Å². The van der Waals surface area contributed by atoms with E-state index in [1.54, 1.807) is 4.57 Å². The number of rotatable bonds is 3. The van der Waals surface area contributed by atoms with Gasteiger partial charge >= 0.3 is 0 Å². The van der Waals surface area contributed by atoms with Gasteiger partial charge in [0.1, 0.15) is 10.7 Å². The summed E-state index contributed by atoms with van der Waals surface area (Å²) < 4.78 is 13.2. The normalized spacial score (nSPS) is 16.2. The van der Waals surface area contributed by atoms with Crippen molar-refractivity contribution < 1.29 is 14.3 Å². The van der Waals surface area contributed by atoms with E-state index in [1.807, 2.05) is 32.0 Å². The van der Waals surface area contributed by atoms with Crippen LogP contribution in [0.15, 0.2) is 23.0 Å². The highest BCUT2D eigenvalue weighted by atomic mass is 32.1. The number of benzene rings is 1. The smallest absolute Gasteiger partial charge is 0.262 e. The molecule has 30 heavy (non-hydrogen) atoms. The minimum Gasteiger partial charge on any atom is -0.490 e. The number of hydrogen-bond donors (Lipinski definition) is 1. The Bertz CT molecular complexity index is 1210.